The molecule has 0 atom stereocenters. The molecule has 0 fully saturated rings. The van der Waals surface area contributed by atoms with Gasteiger partial charge in [-0.05, 0) is 78.8 Å². The van der Waals surface area contributed by atoms with Crippen LogP contribution in [0.1, 0.15) is 49.2 Å². The van der Waals surface area contributed by atoms with Crippen LogP contribution < -0.4 is 5.32 Å². The van der Waals surface area contributed by atoms with Crippen LogP contribution in [-0.2, 0) is 6.42 Å². The maximum atomic E-state index is 12.6. The van der Waals surface area contributed by atoms with Crippen molar-refractivity contribution in [3.05, 3.63) is 101 Å². The summed E-state index contributed by atoms with van der Waals surface area (Å²) in [5, 5.41) is 12.3. The molecule has 2 rings (SSSR count). The molecule has 28 heavy (non-hydrogen) atoms. The summed E-state index contributed by atoms with van der Waals surface area (Å²) in [5.41, 5.74) is 5.74. The van der Waals surface area contributed by atoms with E-state index >= 15 is 0 Å². The van der Waals surface area contributed by atoms with E-state index in [2.05, 4.69) is 25.7 Å². The second-order valence-electron chi connectivity index (χ2n) is 7.38. The van der Waals surface area contributed by atoms with E-state index in [4.69, 9.17) is 0 Å². The maximum Gasteiger partial charge on any atom is 0.255 e. The van der Waals surface area contributed by atoms with Gasteiger partial charge >= 0.3 is 0 Å². The second-order valence-corrected chi connectivity index (χ2v) is 7.38. The van der Waals surface area contributed by atoms with Gasteiger partial charge in [-0.3, -0.25) is 4.79 Å². The minimum absolute atomic E-state index is 0.130. The van der Waals surface area contributed by atoms with Crippen LogP contribution in [0.2, 0.25) is 0 Å². The van der Waals surface area contributed by atoms with Crippen molar-refractivity contribution in [2.45, 2.75) is 34.1 Å². The lowest BCUT2D eigenvalue weighted by atomic mass is 9.98. The summed E-state index contributed by atoms with van der Waals surface area (Å²) in [5.74, 6) is 0.520. The van der Waals surface area contributed by atoms with Crippen LogP contribution in [-0.4, -0.2) is 11.0 Å². The Kier molecular flexibility index (Phi) is 7.39. The molecule has 2 aromatic rings. The molecule has 0 radical (unpaired) electrons. The van der Waals surface area contributed by atoms with Crippen molar-refractivity contribution < 1.29 is 9.90 Å². The molecule has 0 aliphatic rings. The SMILES string of the molecule is C=C(/C(C)=C\C=C(/C)NC(=O)c1cccc(Cc2ccc(O)cc2)c1)C(C)C. The minimum atomic E-state index is -0.130. The van der Waals surface area contributed by atoms with Gasteiger partial charge in [0.05, 0.1) is 0 Å². The molecule has 0 aliphatic carbocycles. The van der Waals surface area contributed by atoms with Crippen molar-refractivity contribution >= 4 is 5.91 Å². The molecule has 0 spiro atoms. The highest BCUT2D eigenvalue weighted by atomic mass is 16.3. The summed E-state index contributed by atoms with van der Waals surface area (Å²) in [7, 11) is 0. The third kappa shape index (κ3) is 6.27. The van der Waals surface area contributed by atoms with E-state index in [1.807, 2.05) is 62.4 Å². The number of aromatic hydroxyl groups is 1. The molecule has 0 bridgehead atoms. The van der Waals surface area contributed by atoms with E-state index < -0.39 is 0 Å². The fourth-order valence-corrected chi connectivity index (χ4v) is 2.78. The van der Waals surface area contributed by atoms with Crippen molar-refractivity contribution in [3.63, 3.8) is 0 Å². The van der Waals surface area contributed by atoms with Gasteiger partial charge in [-0.1, -0.05) is 50.8 Å². The van der Waals surface area contributed by atoms with Gasteiger partial charge in [0.25, 0.3) is 5.91 Å². The summed E-state index contributed by atoms with van der Waals surface area (Å²) < 4.78 is 0. The van der Waals surface area contributed by atoms with Crippen molar-refractivity contribution in [2.75, 3.05) is 0 Å². The Bertz CT molecular complexity index is 902. The largest absolute Gasteiger partial charge is 0.508 e. The van der Waals surface area contributed by atoms with E-state index in [0.29, 0.717) is 17.9 Å². The molecule has 146 valence electrons. The Morgan fingerprint density at radius 3 is 2.39 bits per heavy atom. The zero-order valence-electron chi connectivity index (χ0n) is 17.1. The number of hydrogen-bond acceptors (Lipinski definition) is 2. The van der Waals surface area contributed by atoms with E-state index in [-0.39, 0.29) is 11.7 Å². The van der Waals surface area contributed by atoms with Crippen molar-refractivity contribution in [2.24, 2.45) is 5.92 Å². The maximum absolute atomic E-state index is 12.6. The molecule has 0 unspecified atom stereocenters. The molecule has 0 saturated carbocycles. The number of benzene rings is 2. The standard InChI is InChI=1S/C25H29NO2/c1-17(2)20(5)18(3)9-10-19(4)26-25(28)23-8-6-7-22(16-23)15-21-11-13-24(27)14-12-21/h6-14,16-17,27H,5,15H2,1-4H3,(H,26,28)/b18-9-,19-10+. The first-order valence-electron chi connectivity index (χ1n) is 9.49. The highest BCUT2D eigenvalue weighted by molar-refractivity contribution is 5.95. The Morgan fingerprint density at radius 2 is 1.75 bits per heavy atom. The number of amides is 1. The molecule has 3 nitrogen and oxygen atoms in total. The molecule has 3 heteroatoms. The highest BCUT2D eigenvalue weighted by Gasteiger charge is 2.07. The normalized spacial score (nSPS) is 12.2. The van der Waals surface area contributed by atoms with Crippen LogP contribution in [0.3, 0.4) is 0 Å². The number of phenolic OH excluding ortho intramolecular Hbond substituents is 1. The Hall–Kier alpha value is -3.07. The first kappa shape index (κ1) is 21.2. The predicted octanol–water partition coefficient (Wildman–Crippen LogP) is 5.78. The van der Waals surface area contributed by atoms with Gasteiger partial charge in [0, 0.05) is 11.3 Å². The van der Waals surface area contributed by atoms with Crippen LogP contribution in [0, 0.1) is 5.92 Å². The lowest BCUT2D eigenvalue weighted by Gasteiger charge is -2.10. The van der Waals surface area contributed by atoms with E-state index in [9.17, 15) is 9.90 Å². The van der Waals surface area contributed by atoms with Gasteiger partial charge in [-0.25, -0.2) is 0 Å². The molecular weight excluding hydrogens is 346 g/mol. The number of phenols is 1. The van der Waals surface area contributed by atoms with Gasteiger partial charge in [0.15, 0.2) is 0 Å². The molecule has 0 saturated heterocycles. The van der Waals surface area contributed by atoms with Crippen molar-refractivity contribution in [1.82, 2.24) is 5.32 Å². The van der Waals surface area contributed by atoms with Crippen LogP contribution >= 0.6 is 0 Å². The molecule has 1 amide bonds. The molecular formula is C25H29NO2. The highest BCUT2D eigenvalue weighted by Crippen LogP contribution is 2.17. The number of carbonyl (C=O) groups excluding carboxylic acids is 1. The number of allylic oxidation sites excluding steroid dienone is 5. The monoisotopic (exact) mass is 375 g/mol. The molecule has 2 aromatic carbocycles. The number of carbonyl (C=O) groups is 1. The zero-order chi connectivity index (χ0) is 20.7. The molecule has 0 heterocycles. The lowest BCUT2D eigenvalue weighted by molar-refractivity contribution is 0.0966. The molecule has 0 aromatic heterocycles. The van der Waals surface area contributed by atoms with Gasteiger partial charge < -0.3 is 10.4 Å². The van der Waals surface area contributed by atoms with Crippen LogP contribution in [0.15, 0.2) is 84.1 Å². The predicted molar refractivity (Wildman–Crippen MR) is 116 cm³/mol. The Morgan fingerprint density at radius 1 is 1.07 bits per heavy atom. The topological polar surface area (TPSA) is 49.3 Å². The smallest absolute Gasteiger partial charge is 0.255 e. The zero-order valence-corrected chi connectivity index (χ0v) is 17.1. The fraction of sp³-hybridized carbons (Fsp3) is 0.240. The molecule has 0 aliphatic heterocycles. The quantitative estimate of drug-likeness (QED) is 0.603. The van der Waals surface area contributed by atoms with E-state index in [1.54, 1.807) is 12.1 Å². The summed E-state index contributed by atoms with van der Waals surface area (Å²) in [6, 6.07) is 14.7. The van der Waals surface area contributed by atoms with Crippen LogP contribution in [0.4, 0.5) is 0 Å². The van der Waals surface area contributed by atoms with Crippen molar-refractivity contribution in [3.8, 4) is 5.75 Å². The summed E-state index contributed by atoms with van der Waals surface area (Å²) in [6.07, 6.45) is 4.59. The minimum Gasteiger partial charge on any atom is -0.508 e. The first-order valence-corrected chi connectivity index (χ1v) is 9.49. The lowest BCUT2D eigenvalue weighted by Crippen LogP contribution is -2.21. The molecule has 2 N–H and O–H groups in total. The average molecular weight is 376 g/mol. The summed E-state index contributed by atoms with van der Waals surface area (Å²) >= 11 is 0. The number of nitrogens with one attached hydrogen (secondary N) is 1. The number of hydrogen-bond donors (Lipinski definition) is 2. The third-order valence-corrected chi connectivity index (χ3v) is 4.63. The Balaban J connectivity index is 2.06. The summed E-state index contributed by atoms with van der Waals surface area (Å²) in [6.45, 7) is 12.2. The fourth-order valence-electron chi connectivity index (χ4n) is 2.78. The second kappa shape index (κ2) is 9.75. The van der Waals surface area contributed by atoms with Crippen LogP contribution in [0.5, 0.6) is 5.75 Å². The van der Waals surface area contributed by atoms with E-state index in [1.165, 1.54) is 0 Å². The number of rotatable bonds is 7. The van der Waals surface area contributed by atoms with Crippen molar-refractivity contribution in [1.29, 1.82) is 0 Å². The average Bonchev–Trinajstić information content (AvgIpc) is 2.67. The van der Waals surface area contributed by atoms with Gasteiger partial charge in [0.1, 0.15) is 5.75 Å². The van der Waals surface area contributed by atoms with Crippen LogP contribution in [0.25, 0.3) is 0 Å². The first-order chi connectivity index (χ1) is 13.3. The van der Waals surface area contributed by atoms with Gasteiger partial charge in [0.2, 0.25) is 0 Å². The van der Waals surface area contributed by atoms with Gasteiger partial charge in [-0.15, -0.1) is 0 Å². The third-order valence-electron chi connectivity index (χ3n) is 4.63. The van der Waals surface area contributed by atoms with Gasteiger partial charge in [-0.2, -0.15) is 0 Å². The van der Waals surface area contributed by atoms with E-state index in [0.717, 1.165) is 28.0 Å². The Labute approximate surface area is 168 Å². The summed E-state index contributed by atoms with van der Waals surface area (Å²) in [4.78, 5) is 12.6.